The average Bonchev–Trinajstić information content (AvgIpc) is 2.63. The highest BCUT2D eigenvalue weighted by molar-refractivity contribution is 5.99. The van der Waals surface area contributed by atoms with Gasteiger partial charge in [0.25, 0.3) is 0 Å². The summed E-state index contributed by atoms with van der Waals surface area (Å²) < 4.78 is 0. The van der Waals surface area contributed by atoms with Crippen LogP contribution >= 0.6 is 0 Å². The number of Topliss-reactive ketones (excluding diaryl/α,β-unsaturated/α-hetero) is 1. The van der Waals surface area contributed by atoms with Crippen LogP contribution in [-0.2, 0) is 4.79 Å². The molecule has 0 aromatic carbocycles. The fraction of sp³-hybridized carbons (Fsp3) is 0.800. The van der Waals surface area contributed by atoms with Gasteiger partial charge in [0.15, 0.2) is 5.78 Å². The summed E-state index contributed by atoms with van der Waals surface area (Å²) in [7, 11) is 0. The SMILES string of the molecule is C[C@@H]1CC[C@@H](C(C)(C)O)[C@@H](O)[C@]12C=C(CO)C(=O)C2. The summed E-state index contributed by atoms with van der Waals surface area (Å²) in [6.45, 7) is 5.18. The number of hydrogen-bond acceptors (Lipinski definition) is 4. The summed E-state index contributed by atoms with van der Waals surface area (Å²) in [5.41, 5.74) is -1.17. The van der Waals surface area contributed by atoms with E-state index in [-0.39, 0.29) is 30.6 Å². The van der Waals surface area contributed by atoms with Crippen LogP contribution in [0.1, 0.15) is 40.0 Å². The lowest BCUT2D eigenvalue weighted by atomic mass is 9.58. The van der Waals surface area contributed by atoms with Crippen LogP contribution in [0.3, 0.4) is 0 Å². The summed E-state index contributed by atoms with van der Waals surface area (Å²) in [6.07, 6.45) is 2.89. The third kappa shape index (κ3) is 2.26. The molecule has 0 heterocycles. The summed E-state index contributed by atoms with van der Waals surface area (Å²) in [6, 6.07) is 0. The van der Waals surface area contributed by atoms with E-state index >= 15 is 0 Å². The van der Waals surface area contributed by atoms with E-state index < -0.39 is 17.1 Å². The highest BCUT2D eigenvalue weighted by Crippen LogP contribution is 2.53. The van der Waals surface area contributed by atoms with E-state index in [1.54, 1.807) is 19.9 Å². The van der Waals surface area contributed by atoms with Crippen molar-refractivity contribution in [2.75, 3.05) is 6.61 Å². The minimum atomic E-state index is -0.967. The maximum absolute atomic E-state index is 11.9. The van der Waals surface area contributed by atoms with Crippen LogP contribution in [0.4, 0.5) is 0 Å². The molecule has 2 aliphatic rings. The molecule has 108 valence electrons. The lowest BCUT2D eigenvalue weighted by Gasteiger charge is -2.49. The highest BCUT2D eigenvalue weighted by Gasteiger charge is 2.54. The van der Waals surface area contributed by atoms with E-state index in [1.807, 2.05) is 6.92 Å². The maximum atomic E-state index is 11.9. The van der Waals surface area contributed by atoms with Gasteiger partial charge >= 0.3 is 0 Å². The molecule has 0 aliphatic heterocycles. The summed E-state index contributed by atoms with van der Waals surface area (Å²) in [4.78, 5) is 11.9. The zero-order valence-electron chi connectivity index (χ0n) is 11.9. The van der Waals surface area contributed by atoms with Crippen molar-refractivity contribution in [3.63, 3.8) is 0 Å². The molecule has 0 radical (unpaired) electrons. The zero-order chi connectivity index (χ0) is 14.4. The van der Waals surface area contributed by atoms with E-state index in [0.717, 1.165) is 12.8 Å². The van der Waals surface area contributed by atoms with Crippen LogP contribution in [0.15, 0.2) is 11.6 Å². The second-order valence-corrected chi connectivity index (χ2v) is 6.72. The van der Waals surface area contributed by atoms with E-state index in [2.05, 4.69) is 0 Å². The smallest absolute Gasteiger partial charge is 0.161 e. The molecule has 0 unspecified atom stereocenters. The lowest BCUT2D eigenvalue weighted by Crippen LogP contribution is -2.53. The largest absolute Gasteiger partial charge is 0.392 e. The first-order valence-electron chi connectivity index (χ1n) is 6.98. The molecular weight excluding hydrogens is 244 g/mol. The van der Waals surface area contributed by atoms with Crippen molar-refractivity contribution >= 4 is 5.78 Å². The van der Waals surface area contributed by atoms with Gasteiger partial charge in [-0.05, 0) is 32.6 Å². The van der Waals surface area contributed by atoms with Crippen molar-refractivity contribution in [2.24, 2.45) is 17.3 Å². The maximum Gasteiger partial charge on any atom is 0.161 e. The Morgan fingerprint density at radius 1 is 1.42 bits per heavy atom. The first kappa shape index (κ1) is 14.7. The molecule has 2 rings (SSSR count). The first-order chi connectivity index (χ1) is 8.72. The molecule has 0 amide bonds. The molecule has 1 spiro atoms. The normalized spacial score (nSPS) is 39.8. The van der Waals surface area contributed by atoms with Crippen LogP contribution in [0.25, 0.3) is 0 Å². The van der Waals surface area contributed by atoms with E-state index in [0.29, 0.717) is 5.57 Å². The molecule has 0 aromatic rings. The predicted molar refractivity (Wildman–Crippen MR) is 71.4 cm³/mol. The monoisotopic (exact) mass is 268 g/mol. The Kier molecular flexibility index (Phi) is 3.62. The number of aliphatic hydroxyl groups is 3. The molecule has 3 N–H and O–H groups in total. The Morgan fingerprint density at radius 3 is 2.53 bits per heavy atom. The zero-order valence-corrected chi connectivity index (χ0v) is 11.9. The van der Waals surface area contributed by atoms with Gasteiger partial charge in [-0.15, -0.1) is 0 Å². The van der Waals surface area contributed by atoms with Crippen molar-refractivity contribution in [1.29, 1.82) is 0 Å². The van der Waals surface area contributed by atoms with Gasteiger partial charge < -0.3 is 15.3 Å². The van der Waals surface area contributed by atoms with Gasteiger partial charge in [-0.2, -0.15) is 0 Å². The molecule has 4 heteroatoms. The number of hydrogen-bond donors (Lipinski definition) is 3. The minimum Gasteiger partial charge on any atom is -0.392 e. The highest BCUT2D eigenvalue weighted by atomic mass is 16.3. The number of aliphatic hydroxyl groups excluding tert-OH is 2. The Balaban J connectivity index is 2.38. The average molecular weight is 268 g/mol. The molecule has 4 nitrogen and oxygen atoms in total. The first-order valence-corrected chi connectivity index (χ1v) is 6.98. The van der Waals surface area contributed by atoms with Gasteiger partial charge in [0, 0.05) is 23.3 Å². The number of carbonyl (C=O) groups excluding carboxylic acids is 1. The molecule has 4 atom stereocenters. The third-order valence-corrected chi connectivity index (χ3v) is 5.11. The molecule has 0 aromatic heterocycles. The second-order valence-electron chi connectivity index (χ2n) is 6.72. The van der Waals surface area contributed by atoms with Crippen molar-refractivity contribution < 1.29 is 20.1 Å². The number of ketones is 1. The number of carbonyl (C=O) groups is 1. The van der Waals surface area contributed by atoms with Crippen LogP contribution in [-0.4, -0.2) is 39.4 Å². The van der Waals surface area contributed by atoms with Crippen molar-refractivity contribution in [3.8, 4) is 0 Å². The quantitative estimate of drug-likeness (QED) is 0.699. The van der Waals surface area contributed by atoms with Gasteiger partial charge in [-0.1, -0.05) is 13.0 Å². The Labute approximate surface area is 114 Å². The molecule has 0 saturated heterocycles. The van der Waals surface area contributed by atoms with Crippen LogP contribution in [0.2, 0.25) is 0 Å². The Hall–Kier alpha value is -0.710. The molecule has 0 bridgehead atoms. The minimum absolute atomic E-state index is 0.0789. The fourth-order valence-corrected chi connectivity index (χ4v) is 3.75. The standard InChI is InChI=1S/C15H24O4/c1-9-4-5-11(14(2,3)19)13(18)15(9)6-10(8-16)12(17)7-15/h6,9,11,13,16,18-19H,4-5,7-8H2,1-3H3/t9-,11-,13-,15+/m1/s1. The van der Waals surface area contributed by atoms with E-state index in [1.165, 1.54) is 0 Å². The van der Waals surface area contributed by atoms with E-state index in [9.17, 15) is 20.1 Å². The van der Waals surface area contributed by atoms with Crippen molar-refractivity contribution in [2.45, 2.75) is 51.7 Å². The van der Waals surface area contributed by atoms with Crippen LogP contribution in [0, 0.1) is 17.3 Å². The van der Waals surface area contributed by atoms with Gasteiger partial charge in [0.2, 0.25) is 0 Å². The van der Waals surface area contributed by atoms with Crippen molar-refractivity contribution in [1.82, 2.24) is 0 Å². The van der Waals surface area contributed by atoms with E-state index in [4.69, 9.17) is 0 Å². The molecular formula is C15H24O4. The summed E-state index contributed by atoms with van der Waals surface area (Å²) in [5, 5.41) is 30.2. The van der Waals surface area contributed by atoms with Gasteiger partial charge in [0.1, 0.15) is 0 Å². The molecule has 1 fully saturated rings. The summed E-state index contributed by atoms with van der Waals surface area (Å²) >= 11 is 0. The fourth-order valence-electron chi connectivity index (χ4n) is 3.75. The summed E-state index contributed by atoms with van der Waals surface area (Å²) in [5.74, 6) is -0.148. The van der Waals surface area contributed by atoms with Crippen molar-refractivity contribution in [3.05, 3.63) is 11.6 Å². The van der Waals surface area contributed by atoms with Crippen LogP contribution < -0.4 is 0 Å². The third-order valence-electron chi connectivity index (χ3n) is 5.11. The number of rotatable bonds is 2. The van der Waals surface area contributed by atoms with Gasteiger partial charge in [-0.25, -0.2) is 0 Å². The Bertz CT molecular complexity index is 407. The van der Waals surface area contributed by atoms with Crippen LogP contribution in [0.5, 0.6) is 0 Å². The second kappa shape index (κ2) is 4.69. The molecule has 19 heavy (non-hydrogen) atoms. The predicted octanol–water partition coefficient (Wildman–Crippen LogP) is 1.04. The molecule has 1 saturated carbocycles. The molecule has 2 aliphatic carbocycles. The topological polar surface area (TPSA) is 77.8 Å². The van der Waals surface area contributed by atoms with Gasteiger partial charge in [0.05, 0.1) is 18.3 Å². The van der Waals surface area contributed by atoms with Gasteiger partial charge in [-0.3, -0.25) is 4.79 Å². The lowest BCUT2D eigenvalue weighted by molar-refractivity contribution is -0.136. The Morgan fingerprint density at radius 2 is 2.05 bits per heavy atom.